The van der Waals surface area contributed by atoms with E-state index in [9.17, 15) is 9.59 Å². The SMILES string of the molecule is O=C(NC1CCN(CC(=O)N2c3ccccc3CCc3ccccc32)CC1)c1ccc[nH]1. The predicted octanol–water partition coefficient (Wildman–Crippen LogP) is 3.67. The third-order valence-electron chi connectivity index (χ3n) is 6.50. The molecule has 0 saturated carbocycles. The fraction of sp³-hybridized carbons (Fsp3) is 0.308. The standard InChI is InChI=1S/C26H28N4O2/c31-25(18-29-16-13-21(14-17-29)28-26(32)22-8-5-15-27-22)30-23-9-3-1-6-19(23)11-12-20-7-2-4-10-24(20)30/h1-10,15,21,27H,11-14,16-18H2,(H,28,32). The molecule has 3 aromatic rings. The molecule has 2 aliphatic heterocycles. The normalized spacial score (nSPS) is 16.7. The van der Waals surface area contributed by atoms with Crippen molar-refractivity contribution in [1.29, 1.82) is 0 Å². The van der Waals surface area contributed by atoms with Gasteiger partial charge in [0.15, 0.2) is 0 Å². The summed E-state index contributed by atoms with van der Waals surface area (Å²) in [6.45, 7) is 1.96. The number of hydrogen-bond donors (Lipinski definition) is 2. The Kier molecular flexibility index (Phi) is 5.77. The van der Waals surface area contributed by atoms with Crippen LogP contribution in [0.3, 0.4) is 0 Å². The summed E-state index contributed by atoms with van der Waals surface area (Å²) in [6, 6.07) is 20.2. The minimum Gasteiger partial charge on any atom is -0.357 e. The quantitative estimate of drug-likeness (QED) is 0.666. The summed E-state index contributed by atoms with van der Waals surface area (Å²) in [6.07, 6.45) is 5.30. The van der Waals surface area contributed by atoms with Crippen molar-refractivity contribution < 1.29 is 9.59 Å². The van der Waals surface area contributed by atoms with Gasteiger partial charge in [-0.3, -0.25) is 19.4 Å². The summed E-state index contributed by atoms with van der Waals surface area (Å²) in [5, 5.41) is 3.10. The molecule has 3 heterocycles. The van der Waals surface area contributed by atoms with Gasteiger partial charge in [-0.1, -0.05) is 36.4 Å². The van der Waals surface area contributed by atoms with Gasteiger partial charge in [0, 0.05) is 25.3 Å². The minimum atomic E-state index is -0.0673. The maximum absolute atomic E-state index is 13.6. The number of carbonyl (C=O) groups excluding carboxylic acids is 2. The number of benzene rings is 2. The molecule has 1 aromatic heterocycles. The molecule has 6 nitrogen and oxygen atoms in total. The van der Waals surface area contributed by atoms with Gasteiger partial charge in [-0.2, -0.15) is 0 Å². The molecule has 2 aliphatic rings. The van der Waals surface area contributed by atoms with Crippen molar-refractivity contribution in [3.8, 4) is 0 Å². The molecule has 0 radical (unpaired) electrons. The van der Waals surface area contributed by atoms with E-state index in [1.807, 2.05) is 35.2 Å². The molecule has 2 amide bonds. The van der Waals surface area contributed by atoms with E-state index in [1.54, 1.807) is 12.3 Å². The summed E-state index contributed by atoms with van der Waals surface area (Å²) < 4.78 is 0. The van der Waals surface area contributed by atoms with Gasteiger partial charge in [-0.05, 0) is 61.1 Å². The lowest BCUT2D eigenvalue weighted by atomic mass is 10.0. The molecule has 2 N–H and O–H groups in total. The van der Waals surface area contributed by atoms with Gasteiger partial charge in [0.2, 0.25) is 5.91 Å². The van der Waals surface area contributed by atoms with Crippen LogP contribution in [-0.4, -0.2) is 47.4 Å². The number of aromatic amines is 1. The molecule has 164 valence electrons. The summed E-state index contributed by atoms with van der Waals surface area (Å²) in [5.74, 6) is 0.0305. The van der Waals surface area contributed by atoms with Crippen molar-refractivity contribution in [3.63, 3.8) is 0 Å². The number of hydrogen-bond acceptors (Lipinski definition) is 3. The number of para-hydroxylation sites is 2. The van der Waals surface area contributed by atoms with Crippen LogP contribution in [0.4, 0.5) is 11.4 Å². The van der Waals surface area contributed by atoms with E-state index in [1.165, 1.54) is 11.1 Å². The molecule has 0 spiro atoms. The number of likely N-dealkylation sites (tertiary alicyclic amines) is 1. The molecule has 1 fully saturated rings. The van der Waals surface area contributed by atoms with Crippen LogP contribution in [0.5, 0.6) is 0 Å². The van der Waals surface area contributed by atoms with E-state index in [2.05, 4.69) is 39.5 Å². The van der Waals surface area contributed by atoms with Crippen molar-refractivity contribution in [3.05, 3.63) is 83.7 Å². The van der Waals surface area contributed by atoms with Crippen molar-refractivity contribution in [2.75, 3.05) is 24.5 Å². The number of rotatable bonds is 4. The zero-order chi connectivity index (χ0) is 21.9. The van der Waals surface area contributed by atoms with Crippen LogP contribution < -0.4 is 10.2 Å². The molecule has 1 saturated heterocycles. The monoisotopic (exact) mass is 428 g/mol. The van der Waals surface area contributed by atoms with Gasteiger partial charge in [0.25, 0.3) is 5.91 Å². The van der Waals surface area contributed by atoms with E-state index in [0.29, 0.717) is 12.2 Å². The zero-order valence-corrected chi connectivity index (χ0v) is 18.1. The topological polar surface area (TPSA) is 68.4 Å². The third kappa shape index (κ3) is 4.18. The van der Waals surface area contributed by atoms with Gasteiger partial charge in [0.1, 0.15) is 5.69 Å². The Balaban J connectivity index is 1.26. The van der Waals surface area contributed by atoms with Gasteiger partial charge in [0.05, 0.1) is 17.9 Å². The summed E-state index contributed by atoms with van der Waals surface area (Å²) in [5.41, 5.74) is 5.00. The van der Waals surface area contributed by atoms with Crippen LogP contribution in [0.25, 0.3) is 0 Å². The van der Waals surface area contributed by atoms with Gasteiger partial charge in [-0.15, -0.1) is 0 Å². The average Bonchev–Trinajstić information content (AvgIpc) is 3.30. The number of anilines is 2. The largest absolute Gasteiger partial charge is 0.357 e. The number of piperidine rings is 1. The fourth-order valence-electron chi connectivity index (χ4n) is 4.78. The minimum absolute atomic E-state index is 0.0673. The van der Waals surface area contributed by atoms with E-state index < -0.39 is 0 Å². The second-order valence-electron chi connectivity index (χ2n) is 8.59. The Morgan fingerprint density at radius 2 is 1.50 bits per heavy atom. The maximum Gasteiger partial charge on any atom is 0.267 e. The van der Waals surface area contributed by atoms with E-state index in [-0.39, 0.29) is 17.9 Å². The first-order valence-corrected chi connectivity index (χ1v) is 11.3. The maximum atomic E-state index is 13.6. The molecular weight excluding hydrogens is 400 g/mol. The van der Waals surface area contributed by atoms with Crippen molar-refractivity contribution in [2.45, 2.75) is 31.7 Å². The van der Waals surface area contributed by atoms with Gasteiger partial charge >= 0.3 is 0 Å². The number of amides is 2. The number of aryl methyl sites for hydroxylation is 2. The number of aromatic nitrogens is 1. The van der Waals surface area contributed by atoms with Crippen LogP contribution in [0.15, 0.2) is 66.9 Å². The van der Waals surface area contributed by atoms with E-state index in [0.717, 1.165) is 50.1 Å². The number of nitrogens with zero attached hydrogens (tertiary/aromatic N) is 2. The molecule has 2 aromatic carbocycles. The molecule has 0 aliphatic carbocycles. The number of carbonyl (C=O) groups is 2. The highest BCUT2D eigenvalue weighted by atomic mass is 16.2. The Hall–Kier alpha value is -3.38. The molecular formula is C26H28N4O2. The van der Waals surface area contributed by atoms with Gasteiger partial charge in [-0.25, -0.2) is 0 Å². The zero-order valence-electron chi connectivity index (χ0n) is 18.1. The Morgan fingerprint density at radius 3 is 2.09 bits per heavy atom. The Bertz CT molecular complexity index is 1050. The first kappa shape index (κ1) is 20.5. The molecule has 5 rings (SSSR count). The highest BCUT2D eigenvalue weighted by Gasteiger charge is 2.28. The fourth-order valence-corrected chi connectivity index (χ4v) is 4.78. The van der Waals surface area contributed by atoms with Crippen LogP contribution in [0.1, 0.15) is 34.5 Å². The van der Waals surface area contributed by atoms with Crippen LogP contribution >= 0.6 is 0 Å². The van der Waals surface area contributed by atoms with Crippen LogP contribution in [0.2, 0.25) is 0 Å². The number of nitrogens with one attached hydrogen (secondary N) is 2. The molecule has 0 atom stereocenters. The van der Waals surface area contributed by atoms with Crippen LogP contribution in [0, 0.1) is 0 Å². The summed E-state index contributed by atoms with van der Waals surface area (Å²) in [7, 11) is 0. The smallest absolute Gasteiger partial charge is 0.267 e. The molecule has 6 heteroatoms. The first-order chi connectivity index (χ1) is 15.7. The lowest BCUT2D eigenvalue weighted by molar-refractivity contribution is -0.119. The second kappa shape index (κ2) is 9.01. The Labute approximate surface area is 188 Å². The lowest BCUT2D eigenvalue weighted by Gasteiger charge is -2.33. The highest BCUT2D eigenvalue weighted by molar-refractivity contribution is 6.03. The molecule has 0 bridgehead atoms. The molecule has 0 unspecified atom stereocenters. The Morgan fingerprint density at radius 1 is 0.875 bits per heavy atom. The highest BCUT2D eigenvalue weighted by Crippen LogP contribution is 2.36. The third-order valence-corrected chi connectivity index (χ3v) is 6.50. The lowest BCUT2D eigenvalue weighted by Crippen LogP contribution is -2.47. The predicted molar refractivity (Wildman–Crippen MR) is 125 cm³/mol. The first-order valence-electron chi connectivity index (χ1n) is 11.3. The summed E-state index contributed by atoms with van der Waals surface area (Å²) >= 11 is 0. The number of fused-ring (bicyclic) bond motifs is 2. The van der Waals surface area contributed by atoms with Crippen LogP contribution in [-0.2, 0) is 17.6 Å². The average molecular weight is 429 g/mol. The van der Waals surface area contributed by atoms with Crippen molar-refractivity contribution >= 4 is 23.2 Å². The summed E-state index contributed by atoms with van der Waals surface area (Å²) in [4.78, 5) is 32.9. The number of H-pyrrole nitrogens is 1. The van der Waals surface area contributed by atoms with Crippen molar-refractivity contribution in [1.82, 2.24) is 15.2 Å². The van der Waals surface area contributed by atoms with Crippen molar-refractivity contribution in [2.24, 2.45) is 0 Å². The van der Waals surface area contributed by atoms with Gasteiger partial charge < -0.3 is 10.3 Å². The van der Waals surface area contributed by atoms with E-state index in [4.69, 9.17) is 0 Å². The molecule has 32 heavy (non-hydrogen) atoms. The van der Waals surface area contributed by atoms with E-state index >= 15 is 0 Å². The second-order valence-corrected chi connectivity index (χ2v) is 8.59.